The highest BCUT2D eigenvalue weighted by atomic mass is 16.5. The fourth-order valence-electron chi connectivity index (χ4n) is 4.57. The zero-order valence-electron chi connectivity index (χ0n) is 16.4. The van der Waals surface area contributed by atoms with Crippen LogP contribution in [0.15, 0.2) is 60.7 Å². The van der Waals surface area contributed by atoms with E-state index in [-0.39, 0.29) is 12.4 Å². The second-order valence-corrected chi connectivity index (χ2v) is 7.46. The third kappa shape index (κ3) is 2.57. The number of amides is 1. The molecule has 1 spiro atoms. The van der Waals surface area contributed by atoms with E-state index in [4.69, 9.17) is 15.2 Å². The molecule has 0 fully saturated rings. The topological polar surface area (TPSA) is 90.7 Å². The second kappa shape index (κ2) is 6.62. The van der Waals surface area contributed by atoms with Gasteiger partial charge >= 0.3 is 6.09 Å². The molecule has 0 bridgehead atoms. The molecule has 6 heteroatoms. The Labute approximate surface area is 173 Å². The number of hydrogen-bond acceptors (Lipinski definition) is 5. The maximum absolute atomic E-state index is 13.0. The summed E-state index contributed by atoms with van der Waals surface area (Å²) in [4.78, 5) is 24.8. The molecule has 1 amide bonds. The van der Waals surface area contributed by atoms with Crippen LogP contribution in [0.3, 0.4) is 0 Å². The molecule has 1 aliphatic carbocycles. The Hall–Kier alpha value is -3.80. The van der Waals surface area contributed by atoms with Gasteiger partial charge in [-0.25, -0.2) is 4.79 Å². The van der Waals surface area contributed by atoms with Crippen molar-refractivity contribution in [3.05, 3.63) is 82.9 Å². The normalized spacial score (nSPS) is 18.2. The standard InChI is InChI=1S/C24H20N2O4/c1-2-29-23(28)26-15-8-10-19-22(12-15)30-21-11-14(25)7-9-18(21)24(19)13-20(27)16-5-3-4-6-17(16)24/h3-12H,2,13,25H2,1H3,(H,26,28). The lowest BCUT2D eigenvalue weighted by Gasteiger charge is -2.38. The molecule has 3 aromatic rings. The predicted molar refractivity (Wildman–Crippen MR) is 113 cm³/mol. The largest absolute Gasteiger partial charge is 0.457 e. The lowest BCUT2D eigenvalue weighted by Crippen LogP contribution is -2.31. The molecule has 0 saturated carbocycles. The number of nitrogens with two attached hydrogens (primary N) is 1. The summed E-state index contributed by atoms with van der Waals surface area (Å²) >= 11 is 0. The maximum Gasteiger partial charge on any atom is 0.411 e. The molecule has 6 nitrogen and oxygen atoms in total. The molecule has 3 N–H and O–H groups in total. The van der Waals surface area contributed by atoms with Gasteiger partial charge in [0.15, 0.2) is 5.78 Å². The van der Waals surface area contributed by atoms with Crippen molar-refractivity contribution >= 4 is 23.3 Å². The summed E-state index contributed by atoms with van der Waals surface area (Å²) in [6, 6.07) is 18.7. The molecular formula is C24H20N2O4. The summed E-state index contributed by atoms with van der Waals surface area (Å²) < 4.78 is 11.2. The minimum atomic E-state index is -0.660. The van der Waals surface area contributed by atoms with Gasteiger partial charge in [0.1, 0.15) is 11.5 Å². The van der Waals surface area contributed by atoms with Crippen LogP contribution in [0, 0.1) is 0 Å². The predicted octanol–water partition coefficient (Wildman–Crippen LogP) is 4.86. The first-order chi connectivity index (χ1) is 14.5. The number of carbonyl (C=O) groups is 2. The van der Waals surface area contributed by atoms with Gasteiger partial charge in [-0.1, -0.05) is 36.4 Å². The summed E-state index contributed by atoms with van der Waals surface area (Å²) in [6.45, 7) is 2.02. The Kier molecular flexibility index (Phi) is 4.03. The fourth-order valence-corrected chi connectivity index (χ4v) is 4.57. The molecule has 30 heavy (non-hydrogen) atoms. The zero-order valence-corrected chi connectivity index (χ0v) is 16.4. The number of ketones is 1. The summed E-state index contributed by atoms with van der Waals surface area (Å²) in [5, 5.41) is 2.70. The van der Waals surface area contributed by atoms with Gasteiger partial charge in [0, 0.05) is 46.6 Å². The Morgan fingerprint density at radius 2 is 1.80 bits per heavy atom. The van der Waals surface area contributed by atoms with E-state index in [0.717, 1.165) is 22.3 Å². The van der Waals surface area contributed by atoms with Crippen LogP contribution in [0.5, 0.6) is 11.5 Å². The van der Waals surface area contributed by atoms with Crippen LogP contribution in [-0.4, -0.2) is 18.5 Å². The first-order valence-corrected chi connectivity index (χ1v) is 9.82. The van der Waals surface area contributed by atoms with Gasteiger partial charge in [0.2, 0.25) is 0 Å². The van der Waals surface area contributed by atoms with E-state index in [1.807, 2.05) is 42.5 Å². The molecule has 2 aliphatic rings. The Balaban J connectivity index is 1.72. The Bertz CT molecular complexity index is 1200. The van der Waals surface area contributed by atoms with E-state index < -0.39 is 11.5 Å². The van der Waals surface area contributed by atoms with E-state index in [9.17, 15) is 9.59 Å². The SMILES string of the molecule is CCOC(=O)Nc1ccc2c(c1)Oc1cc(N)ccc1C21CC(=O)c2ccccc21. The van der Waals surface area contributed by atoms with Crippen molar-refractivity contribution in [1.29, 1.82) is 0 Å². The van der Waals surface area contributed by atoms with Crippen LogP contribution >= 0.6 is 0 Å². The summed E-state index contributed by atoms with van der Waals surface area (Å²) in [6.07, 6.45) is -0.224. The quantitative estimate of drug-likeness (QED) is 0.599. The summed E-state index contributed by atoms with van der Waals surface area (Å²) in [5.41, 5.74) is 9.95. The highest BCUT2D eigenvalue weighted by Crippen LogP contribution is 2.57. The fraction of sp³-hybridized carbons (Fsp3) is 0.167. The van der Waals surface area contributed by atoms with Crippen LogP contribution in [0.2, 0.25) is 0 Å². The Morgan fingerprint density at radius 1 is 1.07 bits per heavy atom. The van der Waals surface area contributed by atoms with E-state index in [0.29, 0.717) is 29.3 Å². The van der Waals surface area contributed by atoms with Gasteiger partial charge in [-0.15, -0.1) is 0 Å². The average Bonchev–Trinajstić information content (AvgIpc) is 3.01. The number of Topliss-reactive ketones (excluding diaryl/α,β-unsaturated/α-hetero) is 1. The van der Waals surface area contributed by atoms with Crippen molar-refractivity contribution < 1.29 is 19.1 Å². The Morgan fingerprint density at radius 3 is 2.60 bits per heavy atom. The van der Waals surface area contributed by atoms with E-state index in [1.54, 1.807) is 25.1 Å². The van der Waals surface area contributed by atoms with Crippen molar-refractivity contribution in [3.63, 3.8) is 0 Å². The van der Waals surface area contributed by atoms with Gasteiger partial charge in [-0.2, -0.15) is 0 Å². The molecule has 5 rings (SSSR count). The van der Waals surface area contributed by atoms with Crippen molar-refractivity contribution in [2.45, 2.75) is 18.8 Å². The summed E-state index contributed by atoms with van der Waals surface area (Å²) in [5.74, 6) is 1.28. The number of carbonyl (C=O) groups excluding carboxylic acids is 2. The number of fused-ring (bicyclic) bond motifs is 6. The minimum absolute atomic E-state index is 0.0925. The molecule has 0 saturated heterocycles. The van der Waals surface area contributed by atoms with Gasteiger partial charge in [-0.05, 0) is 24.6 Å². The summed E-state index contributed by atoms with van der Waals surface area (Å²) in [7, 11) is 0. The van der Waals surface area contributed by atoms with Crippen molar-refractivity contribution in [2.24, 2.45) is 0 Å². The van der Waals surface area contributed by atoms with Crippen molar-refractivity contribution in [3.8, 4) is 11.5 Å². The van der Waals surface area contributed by atoms with Gasteiger partial charge in [0.25, 0.3) is 0 Å². The van der Waals surface area contributed by atoms with Crippen molar-refractivity contribution in [1.82, 2.24) is 0 Å². The van der Waals surface area contributed by atoms with Crippen LogP contribution < -0.4 is 15.8 Å². The smallest absolute Gasteiger partial charge is 0.411 e. The third-order valence-electron chi connectivity index (χ3n) is 5.76. The van der Waals surface area contributed by atoms with Crippen LogP contribution in [0.1, 0.15) is 40.4 Å². The van der Waals surface area contributed by atoms with Gasteiger partial charge in [-0.3, -0.25) is 10.1 Å². The molecule has 1 atom stereocenters. The number of ether oxygens (including phenoxy) is 2. The first kappa shape index (κ1) is 18.2. The first-order valence-electron chi connectivity index (χ1n) is 9.82. The number of nitrogens with one attached hydrogen (secondary N) is 1. The molecule has 1 heterocycles. The maximum atomic E-state index is 13.0. The zero-order chi connectivity index (χ0) is 20.9. The number of hydrogen-bond donors (Lipinski definition) is 2. The molecule has 0 aromatic heterocycles. The molecule has 0 radical (unpaired) electrons. The monoisotopic (exact) mass is 400 g/mol. The lowest BCUT2D eigenvalue weighted by atomic mass is 9.68. The number of nitrogen functional groups attached to an aromatic ring is 1. The van der Waals surface area contributed by atoms with Crippen LogP contribution in [0.4, 0.5) is 16.2 Å². The van der Waals surface area contributed by atoms with Gasteiger partial charge in [0.05, 0.1) is 12.0 Å². The van der Waals surface area contributed by atoms with E-state index in [2.05, 4.69) is 5.32 Å². The van der Waals surface area contributed by atoms with Gasteiger partial charge < -0.3 is 15.2 Å². The highest BCUT2D eigenvalue weighted by molar-refractivity contribution is 6.04. The number of anilines is 2. The molecule has 3 aromatic carbocycles. The molecule has 1 aliphatic heterocycles. The minimum Gasteiger partial charge on any atom is -0.457 e. The van der Waals surface area contributed by atoms with E-state index in [1.165, 1.54) is 0 Å². The highest BCUT2D eigenvalue weighted by Gasteiger charge is 2.50. The second-order valence-electron chi connectivity index (χ2n) is 7.46. The van der Waals surface area contributed by atoms with E-state index >= 15 is 0 Å². The number of rotatable bonds is 2. The third-order valence-corrected chi connectivity index (χ3v) is 5.76. The number of benzene rings is 3. The molecule has 1 unspecified atom stereocenters. The van der Waals surface area contributed by atoms with Crippen LogP contribution in [0.25, 0.3) is 0 Å². The molecular weight excluding hydrogens is 380 g/mol. The molecule has 150 valence electrons. The van der Waals surface area contributed by atoms with Crippen molar-refractivity contribution in [2.75, 3.05) is 17.7 Å². The lowest BCUT2D eigenvalue weighted by molar-refractivity contribution is 0.0983. The average molecular weight is 400 g/mol. The van der Waals surface area contributed by atoms with Crippen LogP contribution in [-0.2, 0) is 10.2 Å².